The van der Waals surface area contributed by atoms with E-state index >= 15 is 0 Å². The molecule has 0 saturated heterocycles. The molecule has 0 aromatic rings. The molecular formula is C21H48ClI2O5P2S2-. The number of halogens is 3. The van der Waals surface area contributed by atoms with Gasteiger partial charge in [-0.25, -0.2) is 0 Å². The Kier molecular flexibility index (Phi) is 38.0. The van der Waals surface area contributed by atoms with Gasteiger partial charge in [0.05, 0.1) is 0 Å². The van der Waals surface area contributed by atoms with Crippen molar-refractivity contribution in [2.75, 3.05) is 104 Å². The molecule has 0 heterocycles. The van der Waals surface area contributed by atoms with E-state index in [0.717, 1.165) is 89.8 Å². The number of hydrogen-bond acceptors (Lipinski definition) is 7. The number of ether oxygens (including phenoxy) is 5. The zero-order valence-corrected chi connectivity index (χ0v) is 30.0. The molecule has 0 amide bonds. The van der Waals surface area contributed by atoms with Crippen molar-refractivity contribution in [3.63, 3.8) is 0 Å². The third kappa shape index (κ3) is 24.9. The van der Waals surface area contributed by atoms with Crippen LogP contribution in [-0.4, -0.2) is 104 Å². The van der Waals surface area contributed by atoms with E-state index in [9.17, 15) is 0 Å². The van der Waals surface area contributed by atoms with Crippen molar-refractivity contribution in [1.29, 1.82) is 0 Å². The van der Waals surface area contributed by atoms with Crippen LogP contribution in [0.4, 0.5) is 0 Å². The summed E-state index contributed by atoms with van der Waals surface area (Å²) in [6, 6.07) is 0. The molecule has 0 N–H and O–H groups in total. The maximum absolute atomic E-state index is 6.33. The quantitative estimate of drug-likeness (QED) is 0.0813. The fourth-order valence-corrected chi connectivity index (χ4v) is 18.0. The van der Waals surface area contributed by atoms with Gasteiger partial charge in [-0.05, 0) is 68.2 Å². The molecule has 0 aromatic heterocycles. The Labute approximate surface area is 240 Å². The van der Waals surface area contributed by atoms with Crippen LogP contribution in [0.5, 0.6) is 0 Å². The molecule has 0 aliphatic rings. The van der Waals surface area contributed by atoms with Gasteiger partial charge in [-0.1, -0.05) is 23.6 Å². The Morgan fingerprint density at radius 1 is 0.606 bits per heavy atom. The standard InChI is InChI=1S/C16H36O4P2S2.C4H9ClO.CH3I2/c1-17-9-5-13-21(23,14-6-10-18-2)22(24,15-7-11-19-3)16-8-12-20-4;1-6-4-2-3-5;1-3-2/h5-16H2,1-4H3;2-4H2,1H3;1H3/q;;-1. The second-order valence-corrected chi connectivity index (χ2v) is 29.4. The van der Waals surface area contributed by atoms with Crippen LogP contribution in [0.3, 0.4) is 0 Å². The van der Waals surface area contributed by atoms with Gasteiger partial charge in [-0.2, -0.15) is 0 Å². The van der Waals surface area contributed by atoms with E-state index in [1.54, 1.807) is 35.5 Å². The van der Waals surface area contributed by atoms with Crippen LogP contribution in [-0.2, 0) is 47.3 Å². The van der Waals surface area contributed by atoms with Crippen LogP contribution >= 0.6 is 41.7 Å². The Morgan fingerprint density at radius 2 is 0.818 bits per heavy atom. The van der Waals surface area contributed by atoms with Crippen LogP contribution in [0.1, 0.15) is 32.1 Å². The van der Waals surface area contributed by atoms with Gasteiger partial charge in [0.2, 0.25) is 0 Å². The summed E-state index contributed by atoms with van der Waals surface area (Å²) in [4.78, 5) is 2.22. The summed E-state index contributed by atoms with van der Waals surface area (Å²) in [5.74, 6) is 0.702. The first-order valence-corrected chi connectivity index (χ1v) is 27.1. The molecule has 0 radical (unpaired) electrons. The molecule has 0 saturated carbocycles. The molecule has 0 rings (SSSR count). The number of methoxy groups -OCH3 is 5. The van der Waals surface area contributed by atoms with Gasteiger partial charge in [0, 0.05) is 74.5 Å². The molecule has 0 aliphatic carbocycles. The average molecular weight is 796 g/mol. The fraction of sp³-hybridized carbons (Fsp3) is 1.00. The Bertz CT molecular complexity index is 416. The van der Waals surface area contributed by atoms with Crippen molar-refractivity contribution in [2.45, 2.75) is 32.1 Å². The molecule has 0 bridgehead atoms. The molecule has 12 heteroatoms. The van der Waals surface area contributed by atoms with E-state index in [4.69, 9.17) is 58.9 Å². The van der Waals surface area contributed by atoms with Crippen molar-refractivity contribution in [3.05, 3.63) is 0 Å². The predicted octanol–water partition coefficient (Wildman–Crippen LogP) is 3.32. The molecule has 0 unspecified atom stereocenters. The van der Waals surface area contributed by atoms with E-state index in [-0.39, 0.29) is 0 Å². The summed E-state index contributed by atoms with van der Waals surface area (Å²) in [6.45, 7) is 3.87. The Hall–Kier alpha value is 2.85. The van der Waals surface area contributed by atoms with Crippen LogP contribution in [0.15, 0.2) is 0 Å². The summed E-state index contributed by atoms with van der Waals surface area (Å²) >= 11 is 20.9. The molecule has 0 spiro atoms. The third-order valence-corrected chi connectivity index (χ3v) is 25.4. The van der Waals surface area contributed by atoms with Crippen LogP contribution < -0.4 is 17.2 Å². The van der Waals surface area contributed by atoms with E-state index in [1.165, 1.54) is 0 Å². The summed E-state index contributed by atoms with van der Waals surface area (Å²) < 4.78 is 25.7. The van der Waals surface area contributed by atoms with Gasteiger partial charge < -0.3 is 23.7 Å². The number of rotatable bonds is 20. The van der Waals surface area contributed by atoms with Crippen molar-refractivity contribution in [2.24, 2.45) is 0 Å². The molecule has 33 heavy (non-hydrogen) atoms. The fourth-order valence-electron chi connectivity index (χ4n) is 2.98. The van der Waals surface area contributed by atoms with Gasteiger partial charge in [0.1, 0.15) is 0 Å². The first-order chi connectivity index (χ1) is 15.8. The van der Waals surface area contributed by atoms with E-state index < -0.39 is 11.5 Å². The monoisotopic (exact) mass is 795 g/mol. The van der Waals surface area contributed by atoms with Gasteiger partial charge in [0.25, 0.3) is 0 Å². The topological polar surface area (TPSA) is 46.2 Å². The first kappa shape index (κ1) is 40.3. The predicted molar refractivity (Wildman–Crippen MR) is 161 cm³/mol. The van der Waals surface area contributed by atoms with Crippen LogP contribution in [0.2, 0.25) is 0 Å². The van der Waals surface area contributed by atoms with Crippen LogP contribution in [0.25, 0.3) is 0 Å². The number of alkyl halides is 2. The average Bonchev–Trinajstić information content (AvgIpc) is 2.79. The Balaban J connectivity index is -0.000000842. The normalized spacial score (nSPS) is 11.5. The van der Waals surface area contributed by atoms with E-state index in [1.807, 2.05) is 0 Å². The minimum absolute atomic E-state index is 0.560. The first-order valence-electron chi connectivity index (χ1n) is 11.1. The van der Waals surface area contributed by atoms with Crippen molar-refractivity contribution < 1.29 is 40.9 Å². The van der Waals surface area contributed by atoms with Gasteiger partial charge in [-0.15, -0.1) is 11.6 Å². The minimum atomic E-state index is -1.59. The second-order valence-electron chi connectivity index (χ2n) is 7.15. The molecule has 206 valence electrons. The van der Waals surface area contributed by atoms with Crippen molar-refractivity contribution >= 4 is 65.3 Å². The summed E-state index contributed by atoms with van der Waals surface area (Å²) in [5.41, 5.74) is -3.19. The zero-order chi connectivity index (χ0) is 25.8. The summed E-state index contributed by atoms with van der Waals surface area (Å²) in [7, 11) is 8.68. The van der Waals surface area contributed by atoms with E-state index in [2.05, 4.69) is 23.5 Å². The van der Waals surface area contributed by atoms with Crippen LogP contribution in [0, 0.1) is 0 Å². The molecule has 5 nitrogen and oxygen atoms in total. The third-order valence-electron chi connectivity index (χ3n) is 4.57. The number of hydrogen-bond donors (Lipinski definition) is 0. The van der Waals surface area contributed by atoms with E-state index in [0.29, 0.717) is 23.1 Å². The SMILES string of the molecule is COCCCCl.COCCCP(=S)(CCCOC)P(=S)(CCCOC)CCCOC.C[I-]I. The van der Waals surface area contributed by atoms with Gasteiger partial charge >= 0.3 is 40.8 Å². The molecule has 0 fully saturated rings. The molecular weight excluding hydrogens is 748 g/mol. The van der Waals surface area contributed by atoms with Crippen molar-refractivity contribution in [1.82, 2.24) is 0 Å². The second kappa shape index (κ2) is 31.1. The summed E-state index contributed by atoms with van der Waals surface area (Å²) in [6.07, 6.45) is 9.31. The van der Waals surface area contributed by atoms with Gasteiger partial charge in [-0.3, -0.25) is 0 Å². The zero-order valence-electron chi connectivity index (χ0n) is 21.5. The van der Waals surface area contributed by atoms with Crippen molar-refractivity contribution in [3.8, 4) is 0 Å². The molecule has 0 atom stereocenters. The molecule has 0 aliphatic heterocycles. The van der Waals surface area contributed by atoms with Gasteiger partial charge in [0.15, 0.2) is 0 Å². The maximum atomic E-state index is 6.33. The Morgan fingerprint density at radius 3 is 0.970 bits per heavy atom. The summed E-state index contributed by atoms with van der Waals surface area (Å²) in [5, 5.41) is 0. The molecule has 0 aromatic carbocycles.